The summed E-state index contributed by atoms with van der Waals surface area (Å²) in [5, 5.41) is 20.8. The Labute approximate surface area is 166 Å². The molecule has 28 heavy (non-hydrogen) atoms. The highest BCUT2D eigenvalue weighted by atomic mass is 79.9. The van der Waals surface area contributed by atoms with Gasteiger partial charge in [-0.2, -0.15) is 5.06 Å². The van der Waals surface area contributed by atoms with E-state index >= 15 is 0 Å². The Balaban J connectivity index is 1.77. The van der Waals surface area contributed by atoms with Crippen molar-refractivity contribution in [2.75, 3.05) is 5.06 Å². The van der Waals surface area contributed by atoms with Gasteiger partial charge in [0, 0.05) is 12.1 Å². The largest absolute Gasteiger partial charge is 0.384 e. The summed E-state index contributed by atoms with van der Waals surface area (Å²) < 4.78 is 13.7. The van der Waals surface area contributed by atoms with Gasteiger partial charge in [0.05, 0.1) is 15.1 Å². The summed E-state index contributed by atoms with van der Waals surface area (Å²) in [6.07, 6.45) is 0. The fourth-order valence-electron chi connectivity index (χ4n) is 2.32. The van der Waals surface area contributed by atoms with E-state index in [0.29, 0.717) is 11.3 Å². The van der Waals surface area contributed by atoms with Crippen LogP contribution in [0.15, 0.2) is 58.5 Å². The van der Waals surface area contributed by atoms with Gasteiger partial charge in [0.25, 0.3) is 5.69 Å². The highest BCUT2D eigenvalue weighted by Crippen LogP contribution is 2.31. The Bertz CT molecular complexity index is 964. The van der Waals surface area contributed by atoms with Crippen LogP contribution in [0.25, 0.3) is 0 Å². The Morgan fingerprint density at radius 3 is 2.54 bits per heavy atom. The lowest BCUT2D eigenvalue weighted by Gasteiger charge is -2.18. The van der Waals surface area contributed by atoms with Gasteiger partial charge in [0.15, 0.2) is 5.70 Å². The van der Waals surface area contributed by atoms with E-state index in [4.69, 9.17) is 26.7 Å². The smallest absolute Gasteiger partial charge is 0.269 e. The molecular formula is C16H14BrFN6O4. The molecule has 0 bridgehead atoms. The zero-order chi connectivity index (χ0) is 20.4. The van der Waals surface area contributed by atoms with Crippen molar-refractivity contribution in [1.29, 1.82) is 5.41 Å². The Kier molecular flexibility index (Phi) is 5.44. The number of amidine groups is 1. The van der Waals surface area contributed by atoms with Gasteiger partial charge in [-0.05, 0) is 51.8 Å². The molecule has 3 rings (SSSR count). The van der Waals surface area contributed by atoms with E-state index in [1.165, 1.54) is 42.5 Å². The van der Waals surface area contributed by atoms with Gasteiger partial charge in [-0.25, -0.2) is 9.23 Å². The number of non-ortho nitro benzene ring substituents is 1. The zero-order valence-corrected chi connectivity index (χ0v) is 15.7. The first-order chi connectivity index (χ1) is 13.3. The molecule has 0 aliphatic carbocycles. The van der Waals surface area contributed by atoms with E-state index in [2.05, 4.69) is 15.9 Å². The van der Waals surface area contributed by atoms with Crippen molar-refractivity contribution in [2.24, 2.45) is 11.5 Å². The molecule has 5 N–H and O–H groups in total. The monoisotopic (exact) mass is 452 g/mol. The SMILES string of the molecule is N=C1C(=C(N)N)N(c2ccc(F)c(Br)c2)ON1OCc1ccc([N+](=O)[O-])cc1. The van der Waals surface area contributed by atoms with E-state index in [-0.39, 0.29) is 34.1 Å². The summed E-state index contributed by atoms with van der Waals surface area (Å²) in [7, 11) is 0. The van der Waals surface area contributed by atoms with Crippen LogP contribution in [-0.2, 0) is 16.4 Å². The first-order valence-corrected chi connectivity index (χ1v) is 8.51. The zero-order valence-electron chi connectivity index (χ0n) is 14.1. The molecule has 1 heterocycles. The second kappa shape index (κ2) is 7.80. The molecule has 1 aliphatic rings. The van der Waals surface area contributed by atoms with Crippen molar-refractivity contribution in [2.45, 2.75) is 6.61 Å². The normalized spacial score (nSPS) is 13.9. The van der Waals surface area contributed by atoms with Gasteiger partial charge in [0.2, 0.25) is 5.84 Å². The third-order valence-electron chi connectivity index (χ3n) is 3.67. The number of halogens is 2. The third kappa shape index (κ3) is 3.88. The molecule has 146 valence electrons. The van der Waals surface area contributed by atoms with E-state index in [0.717, 1.165) is 10.3 Å². The molecule has 0 saturated carbocycles. The molecule has 1 aliphatic heterocycles. The molecule has 0 unspecified atom stereocenters. The van der Waals surface area contributed by atoms with Crippen molar-refractivity contribution >= 4 is 33.1 Å². The number of hydroxylamine groups is 3. The van der Waals surface area contributed by atoms with Crippen molar-refractivity contribution in [1.82, 2.24) is 5.23 Å². The number of hydrogen-bond donors (Lipinski definition) is 3. The first kappa shape index (κ1) is 19.5. The van der Waals surface area contributed by atoms with Gasteiger partial charge in [-0.3, -0.25) is 15.5 Å². The molecule has 1 fully saturated rings. The average Bonchev–Trinajstić information content (AvgIpc) is 2.99. The number of rotatable bonds is 5. The molecule has 0 atom stereocenters. The topological polar surface area (TPSA) is 144 Å². The van der Waals surface area contributed by atoms with Crippen LogP contribution in [0, 0.1) is 21.3 Å². The van der Waals surface area contributed by atoms with E-state index < -0.39 is 10.7 Å². The predicted molar refractivity (Wildman–Crippen MR) is 101 cm³/mol. The number of nitro groups is 1. The lowest BCUT2D eigenvalue weighted by Crippen LogP contribution is -2.25. The minimum Gasteiger partial charge on any atom is -0.384 e. The van der Waals surface area contributed by atoms with Crippen molar-refractivity contribution in [3.8, 4) is 0 Å². The number of nitrogens with zero attached hydrogens (tertiary/aromatic N) is 3. The third-order valence-corrected chi connectivity index (χ3v) is 4.28. The fraction of sp³-hybridized carbons (Fsp3) is 0.0625. The van der Waals surface area contributed by atoms with E-state index in [9.17, 15) is 14.5 Å². The second-order valence-electron chi connectivity index (χ2n) is 5.58. The highest BCUT2D eigenvalue weighted by molar-refractivity contribution is 9.10. The van der Waals surface area contributed by atoms with Gasteiger partial charge in [-0.1, -0.05) is 5.23 Å². The molecular weight excluding hydrogens is 439 g/mol. The molecule has 2 aromatic rings. The summed E-state index contributed by atoms with van der Waals surface area (Å²) in [5.41, 5.74) is 12.2. The Hall–Kier alpha value is -3.22. The summed E-state index contributed by atoms with van der Waals surface area (Å²) in [6.45, 7) is -0.0426. The summed E-state index contributed by atoms with van der Waals surface area (Å²) in [5.74, 6) is -0.954. The minimum absolute atomic E-state index is 0.0159. The second-order valence-corrected chi connectivity index (χ2v) is 6.44. The molecule has 2 aromatic carbocycles. The van der Waals surface area contributed by atoms with Crippen LogP contribution in [-0.4, -0.2) is 16.0 Å². The van der Waals surface area contributed by atoms with Crippen molar-refractivity contribution < 1.29 is 19.1 Å². The molecule has 0 spiro atoms. The standard InChI is InChI=1S/C16H14BrFN6O4/c17-12-7-11(5-6-13(12)18)22-14(15(19)20)16(21)24(28-22)27-8-9-1-3-10(4-2-9)23(25)26/h1-7,21H,8,19-20H2. The van der Waals surface area contributed by atoms with Crippen molar-refractivity contribution in [3.05, 3.63) is 80.0 Å². The van der Waals surface area contributed by atoms with Crippen molar-refractivity contribution in [3.63, 3.8) is 0 Å². The average molecular weight is 453 g/mol. The number of nitro benzene ring substituents is 1. The Morgan fingerprint density at radius 1 is 1.29 bits per heavy atom. The first-order valence-electron chi connectivity index (χ1n) is 7.71. The van der Waals surface area contributed by atoms with Crippen LogP contribution < -0.4 is 16.5 Å². The van der Waals surface area contributed by atoms with E-state index in [1.807, 2.05) is 0 Å². The molecule has 12 heteroatoms. The van der Waals surface area contributed by atoms with Crippen LogP contribution in [0.3, 0.4) is 0 Å². The maximum absolute atomic E-state index is 13.5. The lowest BCUT2D eigenvalue weighted by molar-refractivity contribution is -0.384. The number of nitrogens with one attached hydrogen (secondary N) is 1. The Morgan fingerprint density at radius 2 is 1.96 bits per heavy atom. The fourth-order valence-corrected chi connectivity index (χ4v) is 2.68. The number of anilines is 1. The van der Waals surface area contributed by atoms with E-state index in [1.54, 1.807) is 0 Å². The summed E-state index contributed by atoms with van der Waals surface area (Å²) in [4.78, 5) is 21.1. The maximum atomic E-state index is 13.5. The van der Waals surface area contributed by atoms with Crippen LogP contribution in [0.5, 0.6) is 0 Å². The quantitative estimate of drug-likeness (QED) is 0.463. The molecule has 0 amide bonds. The highest BCUT2D eigenvalue weighted by Gasteiger charge is 2.36. The number of benzene rings is 2. The molecule has 10 nitrogen and oxygen atoms in total. The summed E-state index contributed by atoms with van der Waals surface area (Å²) in [6, 6.07) is 9.74. The maximum Gasteiger partial charge on any atom is 0.269 e. The van der Waals surface area contributed by atoms with Gasteiger partial charge in [0.1, 0.15) is 18.2 Å². The van der Waals surface area contributed by atoms with Gasteiger partial charge < -0.3 is 11.5 Å². The van der Waals surface area contributed by atoms with Crippen LogP contribution in [0.4, 0.5) is 15.8 Å². The van der Waals surface area contributed by atoms with Gasteiger partial charge in [-0.15, -0.1) is 4.94 Å². The lowest BCUT2D eigenvalue weighted by atomic mass is 10.2. The van der Waals surface area contributed by atoms with Crippen LogP contribution >= 0.6 is 15.9 Å². The van der Waals surface area contributed by atoms with Crippen LogP contribution in [0.1, 0.15) is 5.56 Å². The summed E-state index contributed by atoms with van der Waals surface area (Å²) >= 11 is 3.08. The van der Waals surface area contributed by atoms with Gasteiger partial charge >= 0.3 is 0 Å². The molecule has 1 saturated heterocycles. The van der Waals surface area contributed by atoms with Crippen LogP contribution in [0.2, 0.25) is 0 Å². The predicted octanol–water partition coefficient (Wildman–Crippen LogP) is 2.66. The molecule has 0 aromatic heterocycles. The number of hydrogen-bond acceptors (Lipinski definition) is 8. The minimum atomic E-state index is -0.510. The molecule has 0 radical (unpaired) electrons. The number of nitrogens with two attached hydrogens (primary N) is 2.